The van der Waals surface area contributed by atoms with Crippen LogP contribution in [0.4, 0.5) is 0 Å². The Bertz CT molecular complexity index is 532. The van der Waals surface area contributed by atoms with Crippen molar-refractivity contribution in [3.8, 4) is 23.7 Å². The summed E-state index contributed by atoms with van der Waals surface area (Å²) in [5.41, 5.74) is 0.658. The number of methoxy groups -OCH3 is 1. The second-order valence-corrected chi connectivity index (χ2v) is 4.36. The highest BCUT2D eigenvalue weighted by molar-refractivity contribution is 14.1. The largest absolute Gasteiger partial charge is 0.372 e. The maximum Gasteiger partial charge on any atom is 0.253 e. The molecule has 0 unspecified atom stereocenters. The number of hydrogen-bond donors (Lipinski definition) is 1. The van der Waals surface area contributed by atoms with Gasteiger partial charge in [0.1, 0.15) is 6.61 Å². The van der Waals surface area contributed by atoms with E-state index in [1.54, 1.807) is 13.2 Å². The van der Waals surface area contributed by atoms with E-state index in [1.165, 1.54) is 0 Å². The molecule has 0 aliphatic heterocycles. The monoisotopic (exact) mass is 353 g/mol. The molecule has 0 aliphatic rings. The van der Waals surface area contributed by atoms with E-state index < -0.39 is 0 Å². The van der Waals surface area contributed by atoms with Gasteiger partial charge in [0, 0.05) is 10.7 Å². The van der Waals surface area contributed by atoms with E-state index in [9.17, 15) is 4.79 Å². The minimum Gasteiger partial charge on any atom is -0.372 e. The van der Waals surface area contributed by atoms with Crippen molar-refractivity contribution < 1.29 is 9.53 Å². The maximum absolute atomic E-state index is 11.8. The fraction of sp³-hybridized carbons (Fsp3) is 0.214. The summed E-state index contributed by atoms with van der Waals surface area (Å²) in [6, 6.07) is 7.39. The summed E-state index contributed by atoms with van der Waals surface area (Å²) < 4.78 is 5.66. The van der Waals surface area contributed by atoms with E-state index in [2.05, 4.69) is 51.6 Å². The molecular formula is C14H12INO2. The quantitative estimate of drug-likeness (QED) is 0.663. The van der Waals surface area contributed by atoms with Crippen LogP contribution in [0.15, 0.2) is 24.3 Å². The zero-order chi connectivity index (χ0) is 13.2. The van der Waals surface area contributed by atoms with Crippen LogP contribution in [0.2, 0.25) is 0 Å². The lowest BCUT2D eigenvalue weighted by molar-refractivity contribution is 0.0958. The minimum atomic E-state index is -0.126. The molecule has 1 amide bonds. The molecule has 0 heterocycles. The summed E-state index contributed by atoms with van der Waals surface area (Å²) >= 11 is 2.13. The van der Waals surface area contributed by atoms with Crippen LogP contribution in [0.1, 0.15) is 10.4 Å². The summed E-state index contributed by atoms with van der Waals surface area (Å²) in [4.78, 5) is 11.8. The lowest BCUT2D eigenvalue weighted by atomic mass is 10.2. The smallest absolute Gasteiger partial charge is 0.253 e. The van der Waals surface area contributed by atoms with Crippen LogP contribution in [-0.4, -0.2) is 26.2 Å². The van der Waals surface area contributed by atoms with Gasteiger partial charge < -0.3 is 10.1 Å². The number of rotatable bonds is 3. The van der Waals surface area contributed by atoms with Crippen molar-refractivity contribution in [3.05, 3.63) is 33.4 Å². The molecular weight excluding hydrogens is 341 g/mol. The van der Waals surface area contributed by atoms with Crippen LogP contribution in [-0.2, 0) is 4.74 Å². The van der Waals surface area contributed by atoms with Crippen LogP contribution in [0.3, 0.4) is 0 Å². The Labute approximate surface area is 120 Å². The fourth-order valence-electron chi connectivity index (χ4n) is 1.11. The van der Waals surface area contributed by atoms with Crippen molar-refractivity contribution in [1.29, 1.82) is 0 Å². The van der Waals surface area contributed by atoms with Crippen LogP contribution in [0, 0.1) is 27.3 Å². The molecule has 0 spiro atoms. The number of nitrogens with one attached hydrogen (secondary N) is 1. The predicted octanol–water partition coefficient (Wildman–Crippen LogP) is 1.67. The summed E-state index contributed by atoms with van der Waals surface area (Å²) in [6.07, 6.45) is 0. The van der Waals surface area contributed by atoms with E-state index in [0.29, 0.717) is 12.2 Å². The SMILES string of the molecule is COCC#CC#CCNC(=O)c1ccccc1I. The van der Waals surface area contributed by atoms with E-state index >= 15 is 0 Å². The van der Waals surface area contributed by atoms with Gasteiger partial charge in [0.15, 0.2) is 0 Å². The van der Waals surface area contributed by atoms with Crippen molar-refractivity contribution >= 4 is 28.5 Å². The Morgan fingerprint density at radius 1 is 1.33 bits per heavy atom. The van der Waals surface area contributed by atoms with Crippen molar-refractivity contribution in [2.45, 2.75) is 0 Å². The number of halogens is 1. The zero-order valence-electron chi connectivity index (χ0n) is 9.92. The molecule has 18 heavy (non-hydrogen) atoms. The van der Waals surface area contributed by atoms with E-state index in [0.717, 1.165) is 3.57 Å². The summed E-state index contributed by atoms with van der Waals surface area (Å²) in [7, 11) is 1.57. The van der Waals surface area contributed by atoms with Gasteiger partial charge in [-0.15, -0.1) is 0 Å². The Balaban J connectivity index is 2.44. The number of hydrogen-bond acceptors (Lipinski definition) is 2. The Kier molecular flexibility index (Phi) is 6.93. The molecule has 0 radical (unpaired) electrons. The minimum absolute atomic E-state index is 0.126. The first-order valence-corrected chi connectivity index (χ1v) is 6.31. The van der Waals surface area contributed by atoms with Crippen molar-refractivity contribution in [2.24, 2.45) is 0 Å². The van der Waals surface area contributed by atoms with Gasteiger partial charge in [-0.3, -0.25) is 4.79 Å². The van der Waals surface area contributed by atoms with E-state index in [-0.39, 0.29) is 12.5 Å². The molecule has 1 N–H and O–H groups in total. The lowest BCUT2D eigenvalue weighted by Crippen LogP contribution is -2.24. The molecule has 0 aromatic heterocycles. The number of carbonyl (C=O) groups excluding carboxylic acids is 1. The van der Waals surface area contributed by atoms with Crippen LogP contribution < -0.4 is 5.32 Å². The van der Waals surface area contributed by atoms with Gasteiger partial charge in [0.05, 0.1) is 12.1 Å². The fourth-order valence-corrected chi connectivity index (χ4v) is 1.74. The number of ether oxygens (including phenoxy) is 1. The molecule has 3 nitrogen and oxygen atoms in total. The van der Waals surface area contributed by atoms with E-state index in [4.69, 9.17) is 4.74 Å². The highest BCUT2D eigenvalue weighted by Gasteiger charge is 2.06. The molecule has 1 aromatic carbocycles. The third kappa shape index (κ3) is 5.22. The standard InChI is InChI=1S/C14H12INO2/c1-18-11-7-3-2-6-10-16-14(17)12-8-4-5-9-13(12)15/h4-5,8-9H,10-11H2,1H3,(H,16,17). The average Bonchev–Trinajstić information content (AvgIpc) is 2.38. The second kappa shape index (κ2) is 8.57. The Morgan fingerprint density at radius 3 is 2.78 bits per heavy atom. The number of carbonyl (C=O) groups is 1. The van der Waals surface area contributed by atoms with Gasteiger partial charge in [-0.25, -0.2) is 0 Å². The van der Waals surface area contributed by atoms with Gasteiger partial charge in [-0.2, -0.15) is 0 Å². The third-order valence-electron chi connectivity index (χ3n) is 1.91. The van der Waals surface area contributed by atoms with Gasteiger partial charge in [0.25, 0.3) is 5.91 Å². The normalized spacial score (nSPS) is 8.56. The Hall–Kier alpha value is -1.50. The van der Waals surface area contributed by atoms with Gasteiger partial charge in [-0.1, -0.05) is 24.0 Å². The van der Waals surface area contributed by atoms with Crippen molar-refractivity contribution in [1.82, 2.24) is 5.32 Å². The van der Waals surface area contributed by atoms with Crippen LogP contribution in [0.5, 0.6) is 0 Å². The first-order chi connectivity index (χ1) is 8.75. The Morgan fingerprint density at radius 2 is 2.06 bits per heavy atom. The summed E-state index contributed by atoms with van der Waals surface area (Å²) in [5, 5.41) is 2.71. The molecule has 4 heteroatoms. The molecule has 0 fully saturated rings. The highest BCUT2D eigenvalue weighted by atomic mass is 127. The molecule has 0 saturated heterocycles. The lowest BCUT2D eigenvalue weighted by Gasteiger charge is -2.02. The molecule has 1 aromatic rings. The zero-order valence-corrected chi connectivity index (χ0v) is 12.1. The topological polar surface area (TPSA) is 38.3 Å². The second-order valence-electron chi connectivity index (χ2n) is 3.20. The van der Waals surface area contributed by atoms with Crippen LogP contribution in [0.25, 0.3) is 0 Å². The van der Waals surface area contributed by atoms with Gasteiger partial charge in [-0.05, 0) is 46.6 Å². The molecule has 1 rings (SSSR count). The maximum atomic E-state index is 11.8. The first kappa shape index (κ1) is 14.6. The van der Waals surface area contributed by atoms with Gasteiger partial charge >= 0.3 is 0 Å². The first-order valence-electron chi connectivity index (χ1n) is 5.23. The third-order valence-corrected chi connectivity index (χ3v) is 2.85. The van der Waals surface area contributed by atoms with E-state index in [1.807, 2.05) is 18.2 Å². The molecule has 92 valence electrons. The molecule has 0 atom stereocenters. The summed E-state index contributed by atoms with van der Waals surface area (Å²) in [5.74, 6) is 10.6. The van der Waals surface area contributed by atoms with Gasteiger partial charge in [0.2, 0.25) is 0 Å². The average molecular weight is 353 g/mol. The van der Waals surface area contributed by atoms with Crippen molar-refractivity contribution in [3.63, 3.8) is 0 Å². The summed E-state index contributed by atoms with van der Waals surface area (Å²) in [6.45, 7) is 0.648. The molecule has 0 aliphatic carbocycles. The highest BCUT2D eigenvalue weighted by Crippen LogP contribution is 2.10. The number of benzene rings is 1. The number of amides is 1. The van der Waals surface area contributed by atoms with Crippen molar-refractivity contribution in [2.75, 3.05) is 20.3 Å². The predicted molar refractivity (Wildman–Crippen MR) is 78.9 cm³/mol. The molecule has 0 bridgehead atoms. The van der Waals surface area contributed by atoms with Crippen LogP contribution >= 0.6 is 22.6 Å². The molecule has 0 saturated carbocycles.